The Bertz CT molecular complexity index is 595. The van der Waals surface area contributed by atoms with Crippen LogP contribution >= 0.6 is 0 Å². The third kappa shape index (κ3) is 4.84. The first-order chi connectivity index (χ1) is 12.3. The molecule has 2 heterocycles. The zero-order valence-corrected chi connectivity index (χ0v) is 16.2. The number of nitrogens with zero attached hydrogens (tertiary/aromatic N) is 2. The number of aliphatic hydroxyl groups is 1. The molecule has 0 bridgehead atoms. The predicted molar refractivity (Wildman–Crippen MR) is 102 cm³/mol. The fourth-order valence-corrected chi connectivity index (χ4v) is 4.23. The van der Waals surface area contributed by atoms with Gasteiger partial charge in [-0.2, -0.15) is 0 Å². The molecule has 4 atom stereocenters. The first-order valence-electron chi connectivity index (χ1n) is 9.75. The van der Waals surface area contributed by atoms with E-state index in [1.165, 1.54) is 5.56 Å². The van der Waals surface area contributed by atoms with Crippen molar-refractivity contribution < 1.29 is 14.6 Å². The number of piperidine rings is 1. The number of rotatable bonds is 4. The van der Waals surface area contributed by atoms with Gasteiger partial charge in [-0.3, -0.25) is 9.69 Å². The maximum Gasteiger partial charge on any atom is 0.236 e. The molecule has 2 saturated heterocycles. The molecule has 5 heteroatoms. The molecule has 0 saturated carbocycles. The summed E-state index contributed by atoms with van der Waals surface area (Å²) in [5.74, 6) is 0.227. The van der Waals surface area contributed by atoms with Crippen molar-refractivity contribution in [3.05, 3.63) is 35.9 Å². The molecule has 1 amide bonds. The Balaban J connectivity index is 1.60. The van der Waals surface area contributed by atoms with Gasteiger partial charge in [-0.15, -0.1) is 0 Å². The van der Waals surface area contributed by atoms with Crippen LogP contribution in [0.3, 0.4) is 0 Å². The van der Waals surface area contributed by atoms with E-state index in [1.807, 2.05) is 30.0 Å². The average Bonchev–Trinajstić information content (AvgIpc) is 2.56. The monoisotopic (exact) mass is 360 g/mol. The smallest absolute Gasteiger partial charge is 0.236 e. The molecular weight excluding hydrogens is 328 g/mol. The molecule has 0 aliphatic carbocycles. The number of morpholine rings is 1. The summed E-state index contributed by atoms with van der Waals surface area (Å²) in [7, 11) is 0. The Morgan fingerprint density at radius 1 is 1.19 bits per heavy atom. The lowest BCUT2D eigenvalue weighted by molar-refractivity contribution is -0.143. The average molecular weight is 360 g/mol. The molecule has 2 aliphatic heterocycles. The molecule has 2 aliphatic rings. The van der Waals surface area contributed by atoms with Gasteiger partial charge in [-0.05, 0) is 39.2 Å². The van der Waals surface area contributed by atoms with Gasteiger partial charge in [0, 0.05) is 32.1 Å². The third-order valence-corrected chi connectivity index (χ3v) is 5.74. The number of hydrogen-bond donors (Lipinski definition) is 1. The van der Waals surface area contributed by atoms with E-state index >= 15 is 0 Å². The first kappa shape index (κ1) is 19.3. The van der Waals surface area contributed by atoms with E-state index in [2.05, 4.69) is 30.9 Å². The Hall–Kier alpha value is -1.43. The molecule has 1 N–H and O–H groups in total. The summed E-state index contributed by atoms with van der Waals surface area (Å²) < 4.78 is 5.75. The van der Waals surface area contributed by atoms with Crippen LogP contribution in [0, 0.1) is 5.92 Å². The molecule has 5 nitrogen and oxygen atoms in total. The Morgan fingerprint density at radius 2 is 1.85 bits per heavy atom. The van der Waals surface area contributed by atoms with Crippen LogP contribution in [0.25, 0.3) is 0 Å². The van der Waals surface area contributed by atoms with Crippen LogP contribution in [0.1, 0.15) is 32.8 Å². The number of carbonyl (C=O) groups excluding carboxylic acids is 1. The highest BCUT2D eigenvalue weighted by Crippen LogP contribution is 2.30. The molecule has 0 radical (unpaired) electrons. The molecule has 1 aromatic rings. The summed E-state index contributed by atoms with van der Waals surface area (Å²) in [6.07, 6.45) is 1.76. The zero-order chi connectivity index (χ0) is 18.7. The maximum absolute atomic E-state index is 12.9. The van der Waals surface area contributed by atoms with Gasteiger partial charge in [0.05, 0.1) is 24.4 Å². The molecule has 1 aromatic carbocycles. The van der Waals surface area contributed by atoms with E-state index in [-0.39, 0.29) is 24.0 Å². The van der Waals surface area contributed by atoms with Crippen molar-refractivity contribution >= 4 is 5.91 Å². The van der Waals surface area contributed by atoms with Crippen molar-refractivity contribution in [1.29, 1.82) is 0 Å². The number of carbonyl (C=O) groups is 1. The predicted octanol–water partition coefficient (Wildman–Crippen LogP) is 1.94. The second-order valence-electron chi connectivity index (χ2n) is 8.28. The van der Waals surface area contributed by atoms with Crippen molar-refractivity contribution in [2.75, 3.05) is 32.7 Å². The lowest BCUT2D eigenvalue weighted by Crippen LogP contribution is -2.55. The van der Waals surface area contributed by atoms with Crippen LogP contribution in [-0.4, -0.2) is 71.3 Å². The van der Waals surface area contributed by atoms with Crippen LogP contribution in [0.15, 0.2) is 30.3 Å². The fourth-order valence-electron chi connectivity index (χ4n) is 4.23. The second kappa shape index (κ2) is 8.07. The van der Waals surface area contributed by atoms with Crippen LogP contribution in [-0.2, 0) is 16.0 Å². The zero-order valence-electron chi connectivity index (χ0n) is 16.2. The van der Waals surface area contributed by atoms with Crippen molar-refractivity contribution in [3.8, 4) is 0 Å². The van der Waals surface area contributed by atoms with Crippen LogP contribution < -0.4 is 0 Å². The molecule has 0 spiro atoms. The number of ether oxygens (including phenoxy) is 1. The summed E-state index contributed by atoms with van der Waals surface area (Å²) in [6, 6.07) is 10.2. The first-order valence-corrected chi connectivity index (χ1v) is 9.75. The fraction of sp³-hybridized carbons (Fsp3) is 0.667. The van der Waals surface area contributed by atoms with E-state index in [1.54, 1.807) is 0 Å². The Morgan fingerprint density at radius 3 is 2.50 bits per heavy atom. The number of likely N-dealkylation sites (tertiary alicyclic amines) is 1. The summed E-state index contributed by atoms with van der Waals surface area (Å²) in [6.45, 7) is 9.32. The Labute approximate surface area is 156 Å². The quantitative estimate of drug-likeness (QED) is 0.892. The van der Waals surface area contributed by atoms with Gasteiger partial charge in [0.2, 0.25) is 5.91 Å². The number of benzene rings is 1. The van der Waals surface area contributed by atoms with Gasteiger partial charge in [0.1, 0.15) is 0 Å². The molecule has 0 aromatic heterocycles. The normalized spacial score (nSPS) is 33.2. The minimum Gasteiger partial charge on any atom is -0.390 e. The molecule has 26 heavy (non-hydrogen) atoms. The second-order valence-corrected chi connectivity index (χ2v) is 8.28. The van der Waals surface area contributed by atoms with Gasteiger partial charge in [-0.1, -0.05) is 30.3 Å². The lowest BCUT2D eigenvalue weighted by Gasteiger charge is -2.44. The van der Waals surface area contributed by atoms with E-state index in [0.717, 1.165) is 19.5 Å². The highest BCUT2D eigenvalue weighted by Gasteiger charge is 2.39. The van der Waals surface area contributed by atoms with Crippen LogP contribution in [0.2, 0.25) is 0 Å². The molecular formula is C21H32N2O3. The summed E-state index contributed by atoms with van der Waals surface area (Å²) in [5, 5.41) is 10.8. The van der Waals surface area contributed by atoms with E-state index in [4.69, 9.17) is 4.74 Å². The maximum atomic E-state index is 12.9. The topological polar surface area (TPSA) is 53.0 Å². The Kier molecular flexibility index (Phi) is 6.00. The highest BCUT2D eigenvalue weighted by atomic mass is 16.5. The van der Waals surface area contributed by atoms with E-state index in [0.29, 0.717) is 26.1 Å². The van der Waals surface area contributed by atoms with Gasteiger partial charge in [0.15, 0.2) is 0 Å². The van der Waals surface area contributed by atoms with E-state index < -0.39 is 5.60 Å². The van der Waals surface area contributed by atoms with Crippen LogP contribution in [0.4, 0.5) is 0 Å². The number of amides is 1. The molecule has 144 valence electrons. The van der Waals surface area contributed by atoms with E-state index in [9.17, 15) is 9.90 Å². The van der Waals surface area contributed by atoms with Crippen molar-refractivity contribution in [2.24, 2.45) is 5.92 Å². The highest BCUT2D eigenvalue weighted by molar-refractivity contribution is 5.78. The lowest BCUT2D eigenvalue weighted by atomic mass is 9.79. The SMILES string of the molecule is C[C@@H]1CN(CC(=O)N2CC[C@@](C)(O)[C@@H](Cc3ccccc3)C2)C[C@H](C)O1. The van der Waals surface area contributed by atoms with Gasteiger partial charge in [-0.25, -0.2) is 0 Å². The summed E-state index contributed by atoms with van der Waals surface area (Å²) in [4.78, 5) is 17.0. The standard InChI is InChI=1S/C21H32N2O3/c1-16-12-22(13-17(2)26-16)15-20(24)23-10-9-21(3,25)19(14-23)11-18-7-5-4-6-8-18/h4-8,16-17,19,25H,9-15H2,1-3H3/t16-,17+,19-,21+/m0/s1. The molecule has 3 rings (SSSR count). The molecule has 0 unspecified atom stereocenters. The summed E-state index contributed by atoms with van der Waals surface area (Å²) in [5.41, 5.74) is 0.483. The molecule has 2 fully saturated rings. The van der Waals surface area contributed by atoms with Gasteiger partial charge >= 0.3 is 0 Å². The van der Waals surface area contributed by atoms with Crippen molar-refractivity contribution in [2.45, 2.75) is 51.4 Å². The minimum atomic E-state index is -0.728. The van der Waals surface area contributed by atoms with Gasteiger partial charge in [0.25, 0.3) is 0 Å². The summed E-state index contributed by atoms with van der Waals surface area (Å²) >= 11 is 0. The van der Waals surface area contributed by atoms with Gasteiger partial charge < -0.3 is 14.7 Å². The third-order valence-electron chi connectivity index (χ3n) is 5.74. The van der Waals surface area contributed by atoms with Crippen molar-refractivity contribution in [3.63, 3.8) is 0 Å². The minimum absolute atomic E-state index is 0.0603. The van der Waals surface area contributed by atoms with Crippen molar-refractivity contribution in [1.82, 2.24) is 9.80 Å². The largest absolute Gasteiger partial charge is 0.390 e. The van der Waals surface area contributed by atoms with Crippen LogP contribution in [0.5, 0.6) is 0 Å². The number of hydrogen-bond acceptors (Lipinski definition) is 4.